The first-order valence-corrected chi connectivity index (χ1v) is 10.3. The Labute approximate surface area is 182 Å². The van der Waals surface area contributed by atoms with Gasteiger partial charge in [-0.2, -0.15) is 0 Å². The third-order valence-electron chi connectivity index (χ3n) is 4.45. The first kappa shape index (κ1) is 20.3. The van der Waals surface area contributed by atoms with E-state index in [4.69, 9.17) is 4.74 Å². The van der Waals surface area contributed by atoms with Crippen molar-refractivity contribution in [2.24, 2.45) is 0 Å². The summed E-state index contributed by atoms with van der Waals surface area (Å²) >= 11 is 1.29. The van der Waals surface area contributed by atoms with Gasteiger partial charge in [0.05, 0.1) is 11.3 Å². The maximum Gasteiger partial charge on any atom is 0.338 e. The van der Waals surface area contributed by atoms with Crippen LogP contribution in [0.3, 0.4) is 0 Å². The SMILES string of the molecule is O=C(COC(=O)c1cccc(O)c1)Nc1nc(-c2ccc(-c3ccccc3)cc2)cs1. The van der Waals surface area contributed by atoms with Crippen LogP contribution in [-0.2, 0) is 9.53 Å². The van der Waals surface area contributed by atoms with Crippen molar-refractivity contribution in [1.29, 1.82) is 0 Å². The van der Waals surface area contributed by atoms with Gasteiger partial charge in [0.1, 0.15) is 5.75 Å². The summed E-state index contributed by atoms with van der Waals surface area (Å²) in [5.74, 6) is -1.23. The summed E-state index contributed by atoms with van der Waals surface area (Å²) in [6.45, 7) is -0.449. The number of carbonyl (C=O) groups is 2. The van der Waals surface area contributed by atoms with E-state index < -0.39 is 18.5 Å². The summed E-state index contributed by atoms with van der Waals surface area (Å²) in [5.41, 5.74) is 4.11. The molecule has 1 heterocycles. The zero-order chi connectivity index (χ0) is 21.6. The second-order valence-electron chi connectivity index (χ2n) is 6.66. The molecular weight excluding hydrogens is 412 g/mol. The molecule has 1 amide bonds. The van der Waals surface area contributed by atoms with Crippen LogP contribution in [-0.4, -0.2) is 28.6 Å². The molecule has 7 heteroatoms. The average Bonchev–Trinajstić information content (AvgIpc) is 3.26. The molecule has 4 aromatic rings. The number of aromatic hydroxyl groups is 1. The maximum atomic E-state index is 12.1. The molecule has 1 aromatic heterocycles. The molecule has 0 atom stereocenters. The highest BCUT2D eigenvalue weighted by Crippen LogP contribution is 2.27. The molecule has 154 valence electrons. The fourth-order valence-electron chi connectivity index (χ4n) is 2.93. The quantitative estimate of drug-likeness (QED) is 0.421. The molecule has 0 fully saturated rings. The summed E-state index contributed by atoms with van der Waals surface area (Å²) in [6, 6.07) is 23.9. The number of nitrogens with zero attached hydrogens (tertiary/aromatic N) is 1. The Balaban J connectivity index is 1.34. The number of carbonyl (C=O) groups excluding carboxylic acids is 2. The van der Waals surface area contributed by atoms with Crippen molar-refractivity contribution in [3.05, 3.63) is 89.8 Å². The summed E-state index contributed by atoms with van der Waals surface area (Å²) in [7, 11) is 0. The zero-order valence-electron chi connectivity index (χ0n) is 16.3. The van der Waals surface area contributed by atoms with Crippen LogP contribution >= 0.6 is 11.3 Å². The molecule has 0 aliphatic heterocycles. The molecule has 0 saturated carbocycles. The van der Waals surface area contributed by atoms with Gasteiger partial charge in [-0.05, 0) is 29.3 Å². The lowest BCUT2D eigenvalue weighted by molar-refractivity contribution is -0.119. The summed E-state index contributed by atoms with van der Waals surface area (Å²) < 4.78 is 4.98. The minimum Gasteiger partial charge on any atom is -0.508 e. The van der Waals surface area contributed by atoms with Crippen LogP contribution < -0.4 is 5.32 Å². The Morgan fingerprint density at radius 3 is 2.35 bits per heavy atom. The predicted molar refractivity (Wildman–Crippen MR) is 120 cm³/mol. The Bertz CT molecular complexity index is 1200. The number of hydrogen-bond donors (Lipinski definition) is 2. The topological polar surface area (TPSA) is 88.5 Å². The number of aromatic nitrogens is 1. The molecule has 3 aromatic carbocycles. The number of thiazole rings is 1. The second kappa shape index (κ2) is 9.23. The van der Waals surface area contributed by atoms with Gasteiger partial charge in [0.2, 0.25) is 0 Å². The van der Waals surface area contributed by atoms with Crippen molar-refractivity contribution in [3.63, 3.8) is 0 Å². The van der Waals surface area contributed by atoms with E-state index in [9.17, 15) is 14.7 Å². The fraction of sp³-hybridized carbons (Fsp3) is 0.0417. The minimum absolute atomic E-state index is 0.0500. The largest absolute Gasteiger partial charge is 0.508 e. The third kappa shape index (κ3) is 5.15. The number of benzene rings is 3. The Morgan fingerprint density at radius 2 is 1.61 bits per heavy atom. The van der Waals surface area contributed by atoms with E-state index in [2.05, 4.69) is 22.4 Å². The van der Waals surface area contributed by atoms with E-state index in [1.807, 2.05) is 47.8 Å². The highest BCUT2D eigenvalue weighted by atomic mass is 32.1. The van der Waals surface area contributed by atoms with Crippen molar-refractivity contribution >= 4 is 28.3 Å². The van der Waals surface area contributed by atoms with E-state index in [-0.39, 0.29) is 11.3 Å². The summed E-state index contributed by atoms with van der Waals surface area (Å²) in [4.78, 5) is 28.5. The molecule has 2 N–H and O–H groups in total. The van der Waals surface area contributed by atoms with Crippen LogP contribution in [0.1, 0.15) is 10.4 Å². The third-order valence-corrected chi connectivity index (χ3v) is 5.21. The first-order valence-electron chi connectivity index (χ1n) is 9.46. The fourth-order valence-corrected chi connectivity index (χ4v) is 3.67. The molecule has 0 aliphatic rings. The van der Waals surface area contributed by atoms with Gasteiger partial charge in [-0.25, -0.2) is 9.78 Å². The number of rotatable bonds is 6. The molecule has 31 heavy (non-hydrogen) atoms. The van der Waals surface area contributed by atoms with E-state index in [1.54, 1.807) is 0 Å². The standard InChI is InChI=1S/C24H18N2O4S/c27-20-8-4-7-19(13-20)23(29)30-14-22(28)26-24-25-21(15-31-24)18-11-9-17(10-12-18)16-5-2-1-3-6-16/h1-13,15,27H,14H2,(H,25,26,28). The molecular formula is C24H18N2O4S. The molecule has 0 unspecified atom stereocenters. The van der Waals surface area contributed by atoms with Gasteiger partial charge < -0.3 is 9.84 Å². The molecule has 0 saturated heterocycles. The minimum atomic E-state index is -0.690. The summed E-state index contributed by atoms with van der Waals surface area (Å²) in [5, 5.41) is 14.3. The summed E-state index contributed by atoms with van der Waals surface area (Å²) in [6.07, 6.45) is 0. The lowest BCUT2D eigenvalue weighted by atomic mass is 10.0. The van der Waals surface area contributed by atoms with Gasteiger partial charge in [0, 0.05) is 10.9 Å². The van der Waals surface area contributed by atoms with E-state index >= 15 is 0 Å². The number of phenols is 1. The number of ether oxygens (including phenoxy) is 1. The van der Waals surface area contributed by atoms with Crippen molar-refractivity contribution in [1.82, 2.24) is 4.98 Å². The lowest BCUT2D eigenvalue weighted by Crippen LogP contribution is -2.20. The Morgan fingerprint density at radius 1 is 0.903 bits per heavy atom. The van der Waals surface area contributed by atoms with Crippen LogP contribution in [0.2, 0.25) is 0 Å². The van der Waals surface area contributed by atoms with Gasteiger partial charge in [-0.1, -0.05) is 60.7 Å². The van der Waals surface area contributed by atoms with Crippen LogP contribution in [0.5, 0.6) is 5.75 Å². The van der Waals surface area contributed by atoms with Crippen LogP contribution in [0.25, 0.3) is 22.4 Å². The average molecular weight is 430 g/mol. The zero-order valence-corrected chi connectivity index (χ0v) is 17.1. The van der Waals surface area contributed by atoms with Gasteiger partial charge in [0.15, 0.2) is 11.7 Å². The monoisotopic (exact) mass is 430 g/mol. The van der Waals surface area contributed by atoms with Gasteiger partial charge in [-0.3, -0.25) is 10.1 Å². The number of nitrogens with one attached hydrogen (secondary N) is 1. The number of esters is 1. The van der Waals surface area contributed by atoms with Gasteiger partial charge >= 0.3 is 5.97 Å². The van der Waals surface area contributed by atoms with Crippen molar-refractivity contribution < 1.29 is 19.4 Å². The smallest absolute Gasteiger partial charge is 0.338 e. The predicted octanol–water partition coefficient (Wildman–Crippen LogP) is 4.98. The van der Waals surface area contributed by atoms with E-state index in [0.29, 0.717) is 5.13 Å². The highest BCUT2D eigenvalue weighted by molar-refractivity contribution is 7.14. The number of phenolic OH excluding ortho intramolecular Hbond substituents is 1. The number of amides is 1. The van der Waals surface area contributed by atoms with Crippen LogP contribution in [0.4, 0.5) is 5.13 Å². The Kier molecular flexibility index (Phi) is 6.05. The molecule has 6 nitrogen and oxygen atoms in total. The van der Waals surface area contributed by atoms with Crippen molar-refractivity contribution in [2.45, 2.75) is 0 Å². The van der Waals surface area contributed by atoms with E-state index in [0.717, 1.165) is 22.4 Å². The van der Waals surface area contributed by atoms with Crippen molar-refractivity contribution in [3.8, 4) is 28.1 Å². The molecule has 0 spiro atoms. The van der Waals surface area contributed by atoms with Crippen LogP contribution in [0, 0.1) is 0 Å². The molecule has 0 bridgehead atoms. The number of anilines is 1. The Hall–Kier alpha value is -3.97. The maximum absolute atomic E-state index is 12.1. The molecule has 4 rings (SSSR count). The van der Waals surface area contributed by atoms with Gasteiger partial charge in [0.25, 0.3) is 5.91 Å². The van der Waals surface area contributed by atoms with E-state index in [1.165, 1.54) is 35.6 Å². The highest BCUT2D eigenvalue weighted by Gasteiger charge is 2.13. The molecule has 0 aliphatic carbocycles. The van der Waals surface area contributed by atoms with Gasteiger partial charge in [-0.15, -0.1) is 11.3 Å². The first-order chi connectivity index (χ1) is 15.1. The lowest BCUT2D eigenvalue weighted by Gasteiger charge is -2.05. The molecule has 0 radical (unpaired) electrons. The van der Waals surface area contributed by atoms with Crippen molar-refractivity contribution in [2.75, 3.05) is 11.9 Å². The van der Waals surface area contributed by atoms with Crippen LogP contribution in [0.15, 0.2) is 84.2 Å². The normalized spacial score (nSPS) is 10.5. The second-order valence-corrected chi connectivity index (χ2v) is 7.51. The number of hydrogen-bond acceptors (Lipinski definition) is 6.